The summed E-state index contributed by atoms with van der Waals surface area (Å²) < 4.78 is 4.97. The van der Waals surface area contributed by atoms with Crippen molar-refractivity contribution in [3.05, 3.63) is 73.2 Å². The number of nitro benzene ring substituents is 1. The van der Waals surface area contributed by atoms with Crippen molar-refractivity contribution >= 4 is 40.8 Å². The Bertz CT molecular complexity index is 901. The van der Waals surface area contributed by atoms with Crippen molar-refractivity contribution in [1.29, 1.82) is 0 Å². The normalized spacial score (nSPS) is 10.4. The molecule has 0 bridgehead atoms. The number of benzene rings is 2. The largest absolute Gasteiger partial charge is 0.452 e. The number of hydrogen-bond acceptors (Lipinski definition) is 5. The number of carbonyl (C=O) groups is 2. The van der Waals surface area contributed by atoms with Crippen molar-refractivity contribution in [1.82, 2.24) is 4.90 Å². The number of hydrogen-bond donors (Lipinski definition) is 0. The first-order valence-corrected chi connectivity index (χ1v) is 8.54. The lowest BCUT2D eigenvalue weighted by molar-refractivity contribution is -0.385. The third-order valence-electron chi connectivity index (χ3n) is 3.80. The van der Waals surface area contributed by atoms with E-state index < -0.39 is 23.4 Å². The minimum Gasteiger partial charge on any atom is -0.452 e. The topological polar surface area (TPSA) is 89.8 Å². The molecule has 0 saturated heterocycles. The molecule has 0 fully saturated rings. The zero-order chi connectivity index (χ0) is 20.1. The van der Waals surface area contributed by atoms with Crippen molar-refractivity contribution in [2.24, 2.45) is 0 Å². The van der Waals surface area contributed by atoms with Gasteiger partial charge in [0.15, 0.2) is 6.61 Å². The highest BCUT2D eigenvalue weighted by atomic mass is 35.5. The molecule has 7 nitrogen and oxygen atoms in total. The van der Waals surface area contributed by atoms with E-state index >= 15 is 0 Å². The highest BCUT2D eigenvalue weighted by Crippen LogP contribution is 2.23. The van der Waals surface area contributed by atoms with Gasteiger partial charge in [-0.3, -0.25) is 14.9 Å². The number of halogens is 2. The molecule has 27 heavy (non-hydrogen) atoms. The molecule has 2 aromatic carbocycles. The Balaban J connectivity index is 1.96. The molecule has 0 aliphatic heterocycles. The molecule has 0 atom stereocenters. The maximum absolute atomic E-state index is 12.1. The second-order valence-corrected chi connectivity index (χ2v) is 6.65. The molecule has 2 rings (SSSR count). The van der Waals surface area contributed by atoms with E-state index in [9.17, 15) is 19.7 Å². The maximum Gasteiger partial charge on any atom is 0.338 e. The van der Waals surface area contributed by atoms with Crippen LogP contribution in [0.15, 0.2) is 36.4 Å². The van der Waals surface area contributed by atoms with Crippen molar-refractivity contribution in [3.8, 4) is 0 Å². The fourth-order valence-electron chi connectivity index (χ4n) is 2.25. The van der Waals surface area contributed by atoms with Crippen LogP contribution < -0.4 is 0 Å². The van der Waals surface area contributed by atoms with Gasteiger partial charge in [-0.05, 0) is 30.7 Å². The van der Waals surface area contributed by atoms with E-state index in [1.165, 1.54) is 17.0 Å². The number of carbonyl (C=O) groups excluding carboxylic acids is 2. The number of esters is 1. The number of ether oxygens (including phenoxy) is 1. The van der Waals surface area contributed by atoms with Crippen LogP contribution in [-0.2, 0) is 16.1 Å². The number of rotatable bonds is 6. The van der Waals surface area contributed by atoms with Gasteiger partial charge in [0.25, 0.3) is 11.6 Å². The molecule has 142 valence electrons. The smallest absolute Gasteiger partial charge is 0.338 e. The van der Waals surface area contributed by atoms with Gasteiger partial charge in [-0.2, -0.15) is 0 Å². The summed E-state index contributed by atoms with van der Waals surface area (Å²) in [5.74, 6) is -1.24. The van der Waals surface area contributed by atoms with E-state index in [0.29, 0.717) is 15.6 Å². The van der Waals surface area contributed by atoms with Gasteiger partial charge in [0.05, 0.1) is 20.5 Å². The summed E-state index contributed by atoms with van der Waals surface area (Å²) in [7, 11) is 1.55. The van der Waals surface area contributed by atoms with Crippen LogP contribution in [0.1, 0.15) is 21.5 Å². The van der Waals surface area contributed by atoms with Crippen LogP contribution in [0.3, 0.4) is 0 Å². The Morgan fingerprint density at radius 2 is 1.85 bits per heavy atom. The quantitative estimate of drug-likeness (QED) is 0.407. The first kappa shape index (κ1) is 20.7. The predicted octanol–water partition coefficient (Wildman–Crippen LogP) is 4.03. The standard InChI is InChI=1S/C18H16Cl2N2O5/c1-11-3-5-13(8-16(11)22(25)26)18(24)27-10-17(23)21(2)9-12-4-6-14(19)15(20)7-12/h3-8H,9-10H2,1-2H3. The highest BCUT2D eigenvalue weighted by Gasteiger charge is 2.18. The number of likely N-dealkylation sites (N-methyl/N-ethyl adjacent to an activating group) is 1. The third kappa shape index (κ3) is 5.42. The van der Waals surface area contributed by atoms with Gasteiger partial charge in [-0.25, -0.2) is 4.79 Å². The summed E-state index contributed by atoms with van der Waals surface area (Å²) in [6.45, 7) is 1.33. The zero-order valence-corrected chi connectivity index (χ0v) is 16.1. The molecule has 0 N–H and O–H groups in total. The van der Waals surface area contributed by atoms with Gasteiger partial charge in [0.2, 0.25) is 0 Å². The summed E-state index contributed by atoms with van der Waals surface area (Å²) in [6, 6.07) is 8.99. The van der Waals surface area contributed by atoms with Gasteiger partial charge in [0.1, 0.15) is 0 Å². The monoisotopic (exact) mass is 410 g/mol. The lowest BCUT2D eigenvalue weighted by Crippen LogP contribution is -2.30. The van der Waals surface area contributed by atoms with Crippen LogP contribution in [0, 0.1) is 17.0 Å². The van der Waals surface area contributed by atoms with Crippen molar-refractivity contribution in [2.45, 2.75) is 13.5 Å². The summed E-state index contributed by atoms with van der Waals surface area (Å²) in [4.78, 5) is 35.9. The molecule has 1 amide bonds. The van der Waals surface area contributed by atoms with Crippen LogP contribution in [0.25, 0.3) is 0 Å². The highest BCUT2D eigenvalue weighted by molar-refractivity contribution is 6.42. The fourth-order valence-corrected chi connectivity index (χ4v) is 2.57. The van der Waals surface area contributed by atoms with Crippen LogP contribution in [0.4, 0.5) is 5.69 Å². The number of amides is 1. The first-order chi connectivity index (χ1) is 12.7. The molecular formula is C18H16Cl2N2O5. The van der Waals surface area contributed by atoms with E-state index in [-0.39, 0.29) is 17.8 Å². The molecule has 0 unspecified atom stereocenters. The SMILES string of the molecule is Cc1ccc(C(=O)OCC(=O)N(C)Cc2ccc(Cl)c(Cl)c2)cc1[N+](=O)[O-]. The molecule has 0 aliphatic carbocycles. The molecule has 0 heterocycles. The minimum atomic E-state index is -0.811. The minimum absolute atomic E-state index is 0.00670. The first-order valence-electron chi connectivity index (χ1n) is 7.79. The second-order valence-electron chi connectivity index (χ2n) is 5.83. The molecule has 9 heteroatoms. The summed E-state index contributed by atoms with van der Waals surface area (Å²) >= 11 is 11.8. The molecule has 0 spiro atoms. The van der Waals surface area contributed by atoms with Crippen molar-refractivity contribution in [3.63, 3.8) is 0 Å². The van der Waals surface area contributed by atoms with Crippen LogP contribution in [-0.4, -0.2) is 35.4 Å². The van der Waals surface area contributed by atoms with E-state index in [2.05, 4.69) is 0 Å². The summed E-state index contributed by atoms with van der Waals surface area (Å²) in [6.07, 6.45) is 0. The van der Waals surface area contributed by atoms with Gasteiger partial charge < -0.3 is 9.64 Å². The molecule has 2 aromatic rings. The van der Waals surface area contributed by atoms with E-state index in [4.69, 9.17) is 27.9 Å². The number of nitro groups is 1. The lowest BCUT2D eigenvalue weighted by atomic mass is 10.1. The van der Waals surface area contributed by atoms with Crippen LogP contribution in [0.5, 0.6) is 0 Å². The van der Waals surface area contributed by atoms with Crippen molar-refractivity contribution < 1.29 is 19.2 Å². The molecular weight excluding hydrogens is 395 g/mol. The molecule has 0 aliphatic rings. The molecule has 0 saturated carbocycles. The molecule has 0 radical (unpaired) electrons. The summed E-state index contributed by atoms with van der Waals surface area (Å²) in [5, 5.41) is 11.7. The Hall–Kier alpha value is -2.64. The maximum atomic E-state index is 12.1. The van der Waals surface area contributed by atoms with Gasteiger partial charge in [-0.1, -0.05) is 35.3 Å². The lowest BCUT2D eigenvalue weighted by Gasteiger charge is -2.17. The van der Waals surface area contributed by atoms with Crippen LogP contribution in [0.2, 0.25) is 10.0 Å². The average Bonchev–Trinajstić information content (AvgIpc) is 2.62. The van der Waals surface area contributed by atoms with E-state index in [0.717, 1.165) is 11.6 Å². The van der Waals surface area contributed by atoms with Gasteiger partial charge in [-0.15, -0.1) is 0 Å². The van der Waals surface area contributed by atoms with Gasteiger partial charge >= 0.3 is 5.97 Å². The number of aryl methyl sites for hydroxylation is 1. The third-order valence-corrected chi connectivity index (χ3v) is 4.54. The second kappa shape index (κ2) is 8.83. The fraction of sp³-hybridized carbons (Fsp3) is 0.222. The number of nitrogens with zero attached hydrogens (tertiary/aromatic N) is 2. The van der Waals surface area contributed by atoms with Crippen molar-refractivity contribution in [2.75, 3.05) is 13.7 Å². The Morgan fingerprint density at radius 1 is 1.15 bits per heavy atom. The Kier molecular flexibility index (Phi) is 6.76. The van der Waals surface area contributed by atoms with E-state index in [1.807, 2.05) is 0 Å². The Morgan fingerprint density at radius 3 is 2.48 bits per heavy atom. The molecule has 0 aromatic heterocycles. The predicted molar refractivity (Wildman–Crippen MR) is 101 cm³/mol. The van der Waals surface area contributed by atoms with Gasteiger partial charge in [0, 0.05) is 25.2 Å². The zero-order valence-electron chi connectivity index (χ0n) is 14.6. The summed E-state index contributed by atoms with van der Waals surface area (Å²) in [5.41, 5.74) is 1.01. The van der Waals surface area contributed by atoms with E-state index in [1.54, 1.807) is 32.2 Å². The van der Waals surface area contributed by atoms with Crippen LogP contribution >= 0.6 is 23.2 Å². The Labute approximate surface area is 165 Å². The average molecular weight is 411 g/mol.